The second-order valence-corrected chi connectivity index (χ2v) is 13.2. The minimum Gasteiger partial charge on any atom is -0.507 e. The Kier molecular flexibility index (Phi) is 8.04. The molecule has 2 N–H and O–H groups in total. The zero-order valence-electron chi connectivity index (χ0n) is 22.1. The topological polar surface area (TPSA) is 101 Å². The molecule has 1 heterocycles. The smallest absolute Gasteiger partial charge is 0.339 e. The van der Waals surface area contributed by atoms with Crippen molar-refractivity contribution in [1.82, 2.24) is 0 Å². The van der Waals surface area contributed by atoms with Gasteiger partial charge < -0.3 is 14.4 Å². The number of aryl methyl sites for hydroxylation is 1. The Morgan fingerprint density at radius 1 is 0.878 bits per heavy atom. The number of hydrogen-bond acceptors (Lipinski definition) is 6. The van der Waals surface area contributed by atoms with E-state index in [1.807, 2.05) is 29.5 Å². The highest BCUT2D eigenvalue weighted by Crippen LogP contribution is 2.39. The Balaban J connectivity index is 1.38. The molecule has 0 aliphatic heterocycles. The van der Waals surface area contributed by atoms with E-state index in [1.165, 1.54) is 26.4 Å². The molecule has 5 rings (SSSR count). The van der Waals surface area contributed by atoms with Gasteiger partial charge in [0.05, 0.1) is 4.47 Å². The van der Waals surface area contributed by atoms with Crippen LogP contribution in [0.25, 0.3) is 22.3 Å². The van der Waals surface area contributed by atoms with Gasteiger partial charge in [-0.3, -0.25) is 0 Å². The van der Waals surface area contributed by atoms with Crippen LogP contribution < -0.4 is 4.18 Å². The summed E-state index contributed by atoms with van der Waals surface area (Å²) in [6.07, 6.45) is 0.873. The van der Waals surface area contributed by atoms with E-state index in [0.29, 0.717) is 4.47 Å². The number of carbonyl (C=O) groups is 1. The van der Waals surface area contributed by atoms with Crippen LogP contribution in [0.15, 0.2) is 100 Å². The summed E-state index contributed by atoms with van der Waals surface area (Å²) in [6.45, 7) is 4.32. The summed E-state index contributed by atoms with van der Waals surface area (Å²) < 4.78 is 31.3. The first kappa shape index (κ1) is 28.6. The van der Waals surface area contributed by atoms with E-state index in [0.717, 1.165) is 41.3 Å². The lowest BCUT2D eigenvalue weighted by atomic mass is 9.96. The fraction of sp³-hybridized carbons (Fsp3) is 0.0938. The molecule has 41 heavy (non-hydrogen) atoms. The minimum absolute atomic E-state index is 0.0575. The Morgan fingerprint density at radius 2 is 1.54 bits per heavy atom. The molecule has 0 aliphatic carbocycles. The maximum Gasteiger partial charge on any atom is 0.339 e. The van der Waals surface area contributed by atoms with E-state index < -0.39 is 27.4 Å². The lowest BCUT2D eigenvalue weighted by Crippen LogP contribution is -2.10. The Bertz CT molecular complexity index is 1860. The Labute approximate surface area is 250 Å². The lowest BCUT2D eigenvalue weighted by molar-refractivity contribution is 0.0693. The third-order valence-corrected chi connectivity index (χ3v) is 9.85. The number of thiophene rings is 1. The van der Waals surface area contributed by atoms with Gasteiger partial charge in [-0.05, 0) is 87.4 Å². The standard InChI is InChI=1S/C32H25BrO6S2/c1-19-20(2)40-30(16-21-6-4-3-5-7-21)31(19)23-10-8-22(9-11-23)24-12-15-29(27(33)17-24)39-41(37,38)25-13-14-26(32(35)36)28(34)18-25/h3-15,17-18,34H,16H2,1-2H3,(H,35,36). The van der Waals surface area contributed by atoms with Gasteiger partial charge in [0.2, 0.25) is 0 Å². The van der Waals surface area contributed by atoms with Gasteiger partial charge in [0.15, 0.2) is 5.75 Å². The number of aromatic hydroxyl groups is 1. The van der Waals surface area contributed by atoms with Crippen molar-refractivity contribution in [2.75, 3.05) is 0 Å². The van der Waals surface area contributed by atoms with Crippen molar-refractivity contribution in [2.45, 2.75) is 25.2 Å². The van der Waals surface area contributed by atoms with Gasteiger partial charge in [-0.1, -0.05) is 60.7 Å². The Hall–Kier alpha value is -3.92. The number of halogens is 1. The number of hydrogen-bond donors (Lipinski definition) is 2. The van der Waals surface area contributed by atoms with E-state index in [1.54, 1.807) is 18.2 Å². The fourth-order valence-corrected chi connectivity index (χ4v) is 7.34. The third kappa shape index (κ3) is 6.07. The molecule has 0 amide bonds. The van der Waals surface area contributed by atoms with Crippen LogP contribution in [-0.2, 0) is 16.5 Å². The van der Waals surface area contributed by atoms with Gasteiger partial charge >= 0.3 is 16.1 Å². The molecule has 0 bridgehead atoms. The zero-order valence-corrected chi connectivity index (χ0v) is 25.3. The van der Waals surface area contributed by atoms with Crippen LogP contribution in [0.5, 0.6) is 11.5 Å². The van der Waals surface area contributed by atoms with Gasteiger partial charge in [-0.2, -0.15) is 8.42 Å². The summed E-state index contributed by atoms with van der Waals surface area (Å²) >= 11 is 5.24. The molecule has 9 heteroatoms. The van der Waals surface area contributed by atoms with Gasteiger partial charge in [0.25, 0.3) is 0 Å². The third-order valence-electron chi connectivity index (χ3n) is 6.79. The number of aromatic carboxylic acids is 1. The zero-order chi connectivity index (χ0) is 29.3. The first-order valence-corrected chi connectivity index (χ1v) is 15.6. The predicted molar refractivity (Wildman–Crippen MR) is 164 cm³/mol. The van der Waals surface area contributed by atoms with E-state index in [2.05, 4.69) is 66.2 Å². The summed E-state index contributed by atoms with van der Waals surface area (Å²) in [5.41, 5.74) is 6.37. The molecule has 0 atom stereocenters. The molecule has 0 fully saturated rings. The number of phenols is 1. The van der Waals surface area contributed by atoms with E-state index >= 15 is 0 Å². The molecule has 1 aromatic heterocycles. The maximum atomic E-state index is 12.8. The minimum atomic E-state index is -4.33. The summed E-state index contributed by atoms with van der Waals surface area (Å²) in [5, 5.41) is 18.9. The summed E-state index contributed by atoms with van der Waals surface area (Å²) in [5.74, 6) is -1.98. The molecule has 0 unspecified atom stereocenters. The van der Waals surface area contributed by atoms with E-state index in [4.69, 9.17) is 9.29 Å². The maximum absolute atomic E-state index is 12.8. The van der Waals surface area contributed by atoms with Gasteiger partial charge in [0.1, 0.15) is 16.2 Å². The highest BCUT2D eigenvalue weighted by Gasteiger charge is 2.22. The SMILES string of the molecule is Cc1sc(Cc2ccccc2)c(-c2ccc(-c3ccc(OS(=O)(=O)c4ccc(C(=O)O)c(O)c4)c(Br)c3)cc2)c1C. The van der Waals surface area contributed by atoms with Crippen LogP contribution in [0.3, 0.4) is 0 Å². The van der Waals surface area contributed by atoms with Gasteiger partial charge in [-0.25, -0.2) is 4.79 Å². The number of carboxylic acid groups (broad SMARTS) is 1. The van der Waals surface area contributed by atoms with Crippen LogP contribution in [-0.4, -0.2) is 24.6 Å². The molecule has 0 radical (unpaired) electrons. The van der Waals surface area contributed by atoms with E-state index in [9.17, 15) is 18.3 Å². The van der Waals surface area contributed by atoms with Gasteiger partial charge in [-0.15, -0.1) is 11.3 Å². The van der Waals surface area contributed by atoms with E-state index in [-0.39, 0.29) is 10.6 Å². The monoisotopic (exact) mass is 648 g/mol. The summed E-state index contributed by atoms with van der Waals surface area (Å²) in [7, 11) is -4.33. The lowest BCUT2D eigenvalue weighted by Gasteiger charge is -2.12. The van der Waals surface area contributed by atoms with Crippen molar-refractivity contribution in [1.29, 1.82) is 0 Å². The van der Waals surface area contributed by atoms with Crippen molar-refractivity contribution in [3.8, 4) is 33.8 Å². The first-order chi connectivity index (χ1) is 19.5. The molecule has 0 aliphatic rings. The molecule has 0 saturated carbocycles. The quantitative estimate of drug-likeness (QED) is 0.164. The molecule has 4 aromatic carbocycles. The Morgan fingerprint density at radius 3 is 2.17 bits per heavy atom. The highest BCUT2D eigenvalue weighted by atomic mass is 79.9. The first-order valence-electron chi connectivity index (χ1n) is 12.6. The summed E-state index contributed by atoms with van der Waals surface area (Å²) in [6, 6.07) is 26.7. The van der Waals surface area contributed by atoms with Crippen LogP contribution >= 0.6 is 27.3 Å². The van der Waals surface area contributed by atoms with Crippen LogP contribution in [0.4, 0.5) is 0 Å². The molecule has 6 nitrogen and oxygen atoms in total. The molecule has 0 saturated heterocycles. The van der Waals surface area contributed by atoms with Crippen LogP contribution in [0.2, 0.25) is 0 Å². The van der Waals surface area contributed by atoms with Crippen molar-refractivity contribution in [3.63, 3.8) is 0 Å². The molecule has 5 aromatic rings. The predicted octanol–water partition coefficient (Wildman–Crippen LogP) is 8.22. The number of carboxylic acids is 1. The van der Waals surface area contributed by atoms with Crippen molar-refractivity contribution in [3.05, 3.63) is 122 Å². The average Bonchev–Trinajstić information content (AvgIpc) is 3.22. The summed E-state index contributed by atoms with van der Waals surface area (Å²) in [4.78, 5) is 13.4. The second-order valence-electron chi connectivity index (χ2n) is 9.49. The van der Waals surface area contributed by atoms with Crippen LogP contribution in [0, 0.1) is 13.8 Å². The molecular formula is C32H25BrO6S2. The fourth-order valence-electron chi connectivity index (χ4n) is 4.57. The largest absolute Gasteiger partial charge is 0.507 e. The average molecular weight is 650 g/mol. The second kappa shape index (κ2) is 11.5. The molecule has 0 spiro atoms. The number of benzene rings is 4. The van der Waals surface area contributed by atoms with Gasteiger partial charge in [0, 0.05) is 22.2 Å². The number of rotatable bonds is 8. The van der Waals surface area contributed by atoms with Crippen molar-refractivity contribution < 1.29 is 27.6 Å². The molecule has 208 valence electrons. The van der Waals surface area contributed by atoms with Crippen LogP contribution in [0.1, 0.15) is 31.2 Å². The normalized spacial score (nSPS) is 11.4. The highest BCUT2D eigenvalue weighted by molar-refractivity contribution is 9.10. The molecular weight excluding hydrogens is 624 g/mol. The van der Waals surface area contributed by atoms with Crippen molar-refractivity contribution >= 4 is 43.4 Å². The van der Waals surface area contributed by atoms with Crippen molar-refractivity contribution in [2.24, 2.45) is 0 Å².